The summed E-state index contributed by atoms with van der Waals surface area (Å²) in [5.74, 6) is -0.664. The summed E-state index contributed by atoms with van der Waals surface area (Å²) in [5.41, 5.74) is 0. The van der Waals surface area contributed by atoms with Crippen LogP contribution in [0.1, 0.15) is 96.8 Å². The van der Waals surface area contributed by atoms with E-state index < -0.39 is 14.6 Å². The van der Waals surface area contributed by atoms with Gasteiger partial charge in [-0.15, -0.1) is 0 Å². The number of rotatable bonds is 15. The Kier molecular flexibility index (Phi) is 24.2. The molecule has 0 aliphatic rings. The van der Waals surface area contributed by atoms with Gasteiger partial charge in [-0.1, -0.05) is 70.4 Å². The minimum absolute atomic E-state index is 0.332. The normalized spacial score (nSPS) is 10.9. The summed E-state index contributed by atoms with van der Waals surface area (Å²) in [5, 5.41) is 8.51. The summed E-state index contributed by atoms with van der Waals surface area (Å²) in [4.78, 5) is 32.0. The van der Waals surface area contributed by atoms with Crippen molar-refractivity contribution in [3.8, 4) is 0 Å². The summed E-state index contributed by atoms with van der Waals surface area (Å²) in [6, 6.07) is 0. The van der Waals surface area contributed by atoms with Gasteiger partial charge in [0.15, 0.2) is 0 Å². The molecule has 0 saturated heterocycles. The molecule has 5 nitrogen and oxygen atoms in total. The fourth-order valence-electron chi connectivity index (χ4n) is 2.35. The lowest BCUT2D eigenvalue weighted by Crippen LogP contribution is -1.93. The first-order valence-corrected chi connectivity index (χ1v) is 10.4. The third-order valence-electron chi connectivity index (χ3n) is 3.65. The van der Waals surface area contributed by atoms with Crippen molar-refractivity contribution in [3.05, 3.63) is 12.2 Å². The molecule has 0 aliphatic heterocycles. The van der Waals surface area contributed by atoms with Crippen LogP contribution in [0.25, 0.3) is 0 Å². The maximum atomic E-state index is 10.3. The van der Waals surface area contributed by atoms with Crippen molar-refractivity contribution in [3.63, 3.8) is 0 Å². The molecule has 0 fully saturated rings. The number of carbonyl (C=O) groups is 1. The molecule has 0 saturated carbocycles. The molecule has 0 aromatic carbocycles. The number of carboxylic acids is 1. The van der Waals surface area contributed by atoms with Crippen LogP contribution in [0.2, 0.25) is 0 Å². The van der Waals surface area contributed by atoms with E-state index >= 15 is 0 Å². The van der Waals surface area contributed by atoms with Crippen LogP contribution in [0.4, 0.5) is 0 Å². The first-order valence-electron chi connectivity index (χ1n) is 9.24. The van der Waals surface area contributed by atoms with E-state index in [1.165, 1.54) is 70.6 Å². The smallest absolute Gasteiger partial charge is 0.324 e. The molecule has 0 aromatic rings. The average molecular weight is 364 g/mol. The number of allylic oxidation sites excluding steroid dienone is 2. The second-order valence-electron chi connectivity index (χ2n) is 6.00. The molecule has 6 heteroatoms. The van der Waals surface area contributed by atoms with Crippen molar-refractivity contribution in [2.45, 2.75) is 96.8 Å². The summed E-state index contributed by atoms with van der Waals surface area (Å²) < 4.78 is 0. The van der Waals surface area contributed by atoms with E-state index in [2.05, 4.69) is 19.1 Å². The zero-order valence-electron chi connectivity index (χ0n) is 15.2. The maximum Gasteiger partial charge on any atom is 0.324 e. The van der Waals surface area contributed by atoms with E-state index in [-0.39, 0.29) is 0 Å². The fourth-order valence-corrected chi connectivity index (χ4v) is 2.35. The summed E-state index contributed by atoms with van der Waals surface area (Å²) in [6.45, 7) is 2.26. The summed E-state index contributed by atoms with van der Waals surface area (Å²) in [7, 11) is -2.62. The number of hydrogen-bond acceptors (Lipinski definition) is 4. The van der Waals surface area contributed by atoms with Crippen molar-refractivity contribution >= 4 is 14.6 Å². The van der Waals surface area contributed by atoms with Gasteiger partial charge in [-0.3, -0.25) is 4.79 Å². The van der Waals surface area contributed by atoms with Gasteiger partial charge >= 0.3 is 14.6 Å². The molecule has 4 N–H and O–H groups in total. The molecule has 0 bridgehead atoms. The Balaban J connectivity index is 0. The lowest BCUT2D eigenvalue weighted by molar-refractivity contribution is -0.137. The van der Waals surface area contributed by atoms with Gasteiger partial charge in [0.1, 0.15) is 0 Å². The molecule has 0 radical (unpaired) electrons. The molecule has 0 rings (SSSR count). The van der Waals surface area contributed by atoms with E-state index in [4.69, 9.17) is 19.8 Å². The average Bonchev–Trinajstić information content (AvgIpc) is 2.50. The van der Waals surface area contributed by atoms with Crippen LogP contribution < -0.4 is 0 Å². The van der Waals surface area contributed by atoms with Crippen LogP contribution in [0.3, 0.4) is 0 Å². The lowest BCUT2D eigenvalue weighted by Gasteiger charge is -1.99. The zero-order chi connectivity index (χ0) is 18.5. The van der Waals surface area contributed by atoms with Crippen molar-refractivity contribution in [2.24, 2.45) is 0 Å². The molecule has 0 heterocycles. The molecule has 0 atom stereocenters. The minimum atomic E-state index is -2.62. The first kappa shape index (κ1) is 25.8. The molecule has 0 unspecified atom stereocenters. The summed E-state index contributed by atoms with van der Waals surface area (Å²) >= 11 is 0. The Morgan fingerprint density at radius 1 is 0.750 bits per heavy atom. The highest BCUT2D eigenvalue weighted by Crippen LogP contribution is 2.11. The topological polar surface area (TPSA) is 98.0 Å². The quantitative estimate of drug-likeness (QED) is 0.180. The second-order valence-corrected chi connectivity index (χ2v) is 6.53. The SMILES string of the molecule is CCCCCCCC/C=C\CCCCCCCC(=O)O.OP(O)O. The van der Waals surface area contributed by atoms with Gasteiger partial charge < -0.3 is 19.8 Å². The first-order chi connectivity index (χ1) is 11.5. The van der Waals surface area contributed by atoms with Crippen molar-refractivity contribution in [1.29, 1.82) is 0 Å². The predicted octanol–water partition coefficient (Wildman–Crippen LogP) is 5.30. The number of hydrogen-bond donors (Lipinski definition) is 4. The predicted molar refractivity (Wildman–Crippen MR) is 101 cm³/mol. The third kappa shape index (κ3) is 33.2. The van der Waals surface area contributed by atoms with E-state index in [1.807, 2.05) is 0 Å². The maximum absolute atomic E-state index is 10.3. The molecule has 0 aromatic heterocycles. The fraction of sp³-hybridized carbons (Fsp3) is 0.833. The van der Waals surface area contributed by atoms with E-state index in [0.29, 0.717) is 6.42 Å². The van der Waals surface area contributed by atoms with Crippen LogP contribution in [-0.2, 0) is 4.79 Å². The highest BCUT2D eigenvalue weighted by Gasteiger charge is 1.95. The van der Waals surface area contributed by atoms with Gasteiger partial charge in [0.25, 0.3) is 0 Å². The Morgan fingerprint density at radius 3 is 1.54 bits per heavy atom. The Labute approximate surface area is 148 Å². The van der Waals surface area contributed by atoms with Crippen LogP contribution >= 0.6 is 8.60 Å². The van der Waals surface area contributed by atoms with E-state index in [1.54, 1.807) is 0 Å². The number of unbranched alkanes of at least 4 members (excludes halogenated alkanes) is 11. The van der Waals surface area contributed by atoms with Crippen LogP contribution in [0, 0.1) is 0 Å². The summed E-state index contributed by atoms with van der Waals surface area (Å²) in [6.07, 6.45) is 21.2. The van der Waals surface area contributed by atoms with E-state index in [0.717, 1.165) is 12.8 Å². The van der Waals surface area contributed by atoms with Gasteiger partial charge in [0, 0.05) is 6.42 Å². The van der Waals surface area contributed by atoms with E-state index in [9.17, 15) is 4.79 Å². The van der Waals surface area contributed by atoms with Gasteiger partial charge in [-0.25, -0.2) is 0 Å². The highest BCUT2D eigenvalue weighted by atomic mass is 31.2. The molecule has 0 aliphatic carbocycles. The largest absolute Gasteiger partial charge is 0.481 e. The van der Waals surface area contributed by atoms with Gasteiger partial charge in [-0.2, -0.15) is 0 Å². The Morgan fingerprint density at radius 2 is 1.12 bits per heavy atom. The molecule has 24 heavy (non-hydrogen) atoms. The molecular weight excluding hydrogens is 327 g/mol. The monoisotopic (exact) mass is 364 g/mol. The van der Waals surface area contributed by atoms with Crippen LogP contribution in [0.15, 0.2) is 12.2 Å². The van der Waals surface area contributed by atoms with Crippen LogP contribution in [0.5, 0.6) is 0 Å². The lowest BCUT2D eigenvalue weighted by atomic mass is 10.1. The second kappa shape index (κ2) is 22.5. The molecule has 0 amide bonds. The molecular formula is C18H37O5P. The number of aliphatic carboxylic acids is 1. The van der Waals surface area contributed by atoms with Gasteiger partial charge in [0.2, 0.25) is 0 Å². The van der Waals surface area contributed by atoms with Crippen molar-refractivity contribution in [2.75, 3.05) is 0 Å². The van der Waals surface area contributed by atoms with Crippen molar-refractivity contribution < 1.29 is 24.6 Å². The molecule has 0 spiro atoms. The molecule has 144 valence electrons. The standard InChI is InChI=1S/C18H34O2.H3O3P/c1-2-3-4-5-6-7-8-9-10-11-12-13-14-15-16-17-18(19)20;1-4(2)3/h9-10H,2-8,11-17H2,1H3,(H,19,20);1-3H/b10-9-;. The third-order valence-corrected chi connectivity index (χ3v) is 3.65. The Bertz CT molecular complexity index is 280. The van der Waals surface area contributed by atoms with Crippen LogP contribution in [-0.4, -0.2) is 25.8 Å². The Hall–Kier alpha value is -0.480. The van der Waals surface area contributed by atoms with Gasteiger partial charge in [0.05, 0.1) is 0 Å². The van der Waals surface area contributed by atoms with Crippen molar-refractivity contribution in [1.82, 2.24) is 0 Å². The number of carboxylic acid groups (broad SMARTS) is 1. The zero-order valence-corrected chi connectivity index (χ0v) is 16.1. The minimum Gasteiger partial charge on any atom is -0.481 e. The highest BCUT2D eigenvalue weighted by molar-refractivity contribution is 7.38. The van der Waals surface area contributed by atoms with Gasteiger partial charge in [-0.05, 0) is 32.1 Å².